The van der Waals surface area contributed by atoms with Crippen LogP contribution in [0.1, 0.15) is 25.0 Å². The smallest absolute Gasteiger partial charge is 0.143 e. The van der Waals surface area contributed by atoms with Crippen molar-refractivity contribution >= 4 is 81.3 Å². The zero-order valence-electron chi connectivity index (χ0n) is 32.2. The zero-order chi connectivity index (χ0) is 38.5. The molecule has 2 nitrogen and oxygen atoms in total. The van der Waals surface area contributed by atoms with Crippen molar-refractivity contribution in [2.75, 3.05) is 4.90 Å². The van der Waals surface area contributed by atoms with Crippen LogP contribution in [0, 0.1) is 0 Å². The highest BCUT2D eigenvalue weighted by molar-refractivity contribution is 7.25. The van der Waals surface area contributed by atoms with Gasteiger partial charge in [-0.15, -0.1) is 11.3 Å². The molecule has 0 saturated carbocycles. The van der Waals surface area contributed by atoms with Crippen molar-refractivity contribution in [1.82, 2.24) is 0 Å². The molecule has 2 heterocycles. The molecule has 0 bridgehead atoms. The Labute approximate surface area is 340 Å². The second kappa shape index (κ2) is 12.5. The van der Waals surface area contributed by atoms with Crippen LogP contribution in [0.25, 0.3) is 86.3 Å². The Morgan fingerprint density at radius 3 is 2.09 bits per heavy atom. The van der Waals surface area contributed by atoms with Crippen molar-refractivity contribution in [2.24, 2.45) is 0 Å². The number of fused-ring (bicyclic) bond motifs is 10. The molecule has 0 saturated heterocycles. The molecular weight excluding hydrogens is 723 g/mol. The van der Waals surface area contributed by atoms with Gasteiger partial charge in [0, 0.05) is 58.9 Å². The van der Waals surface area contributed by atoms with E-state index in [1.807, 2.05) is 17.4 Å². The van der Waals surface area contributed by atoms with Crippen LogP contribution in [0.5, 0.6) is 0 Å². The number of anilines is 3. The zero-order valence-corrected chi connectivity index (χ0v) is 33.0. The van der Waals surface area contributed by atoms with E-state index in [4.69, 9.17) is 4.42 Å². The lowest BCUT2D eigenvalue weighted by atomic mass is 9.82. The van der Waals surface area contributed by atoms with Crippen LogP contribution in [0.3, 0.4) is 0 Å². The number of furan rings is 1. The van der Waals surface area contributed by atoms with Gasteiger partial charge in [-0.2, -0.15) is 0 Å². The SMILES string of the molecule is CC1(C)c2ccccc2-c2cc(N(c3cccc(-c4cccc5c4oc4ccccc45)c3)c3ccc4ccccc4c3-c3ccc4c(c3)sc3ccccc34)ccc21. The van der Waals surface area contributed by atoms with Crippen molar-refractivity contribution in [1.29, 1.82) is 0 Å². The van der Waals surface area contributed by atoms with E-state index < -0.39 is 0 Å². The fourth-order valence-electron chi connectivity index (χ4n) is 9.69. The van der Waals surface area contributed by atoms with Crippen LogP contribution < -0.4 is 4.90 Å². The van der Waals surface area contributed by atoms with E-state index >= 15 is 0 Å². The lowest BCUT2D eigenvalue weighted by Crippen LogP contribution is -2.15. The summed E-state index contributed by atoms with van der Waals surface area (Å²) in [5, 5.41) is 7.31. The molecule has 3 heteroatoms. The number of rotatable bonds is 5. The summed E-state index contributed by atoms with van der Waals surface area (Å²) in [7, 11) is 0. The predicted molar refractivity (Wildman–Crippen MR) is 247 cm³/mol. The lowest BCUT2D eigenvalue weighted by Gasteiger charge is -2.30. The molecule has 0 radical (unpaired) electrons. The van der Waals surface area contributed by atoms with Gasteiger partial charge < -0.3 is 9.32 Å². The normalized spacial score (nSPS) is 13.1. The first-order valence-electron chi connectivity index (χ1n) is 20.0. The molecule has 2 aromatic heterocycles. The molecule has 0 atom stereocenters. The molecule has 0 aliphatic heterocycles. The molecular formula is C55H37NOS. The van der Waals surface area contributed by atoms with Gasteiger partial charge in [0.1, 0.15) is 11.2 Å². The van der Waals surface area contributed by atoms with Gasteiger partial charge in [0.2, 0.25) is 0 Å². The number of thiophene rings is 1. The Balaban J connectivity index is 1.13. The Kier molecular flexibility index (Phi) is 7.18. The first-order valence-corrected chi connectivity index (χ1v) is 20.8. The molecule has 12 rings (SSSR count). The molecule has 1 aliphatic carbocycles. The average Bonchev–Trinajstić information content (AvgIpc) is 3.91. The molecule has 274 valence electrons. The van der Waals surface area contributed by atoms with Crippen molar-refractivity contribution in [3.63, 3.8) is 0 Å². The monoisotopic (exact) mass is 759 g/mol. The quantitative estimate of drug-likeness (QED) is 0.174. The van der Waals surface area contributed by atoms with Gasteiger partial charge >= 0.3 is 0 Å². The van der Waals surface area contributed by atoms with Crippen molar-refractivity contribution in [3.05, 3.63) is 199 Å². The standard InChI is InChI=1S/C55H37NOS/c1-55(2)47-22-8-5-17-41(47)46-33-38(27-29-48(46)55)56(37-15-11-14-35(31-37)40-20-12-21-45-42-18-6-9-23-50(42)57-54(40)45)49-30-26-34-13-3-4-16-39(34)53(49)36-25-28-44-43-19-7-10-24-51(43)58-52(44)32-36/h3-33H,1-2H3. The van der Waals surface area contributed by atoms with E-state index in [-0.39, 0.29) is 5.41 Å². The first-order chi connectivity index (χ1) is 28.5. The van der Waals surface area contributed by atoms with Gasteiger partial charge in [-0.25, -0.2) is 0 Å². The summed E-state index contributed by atoms with van der Waals surface area (Å²) in [5.41, 5.74) is 15.0. The van der Waals surface area contributed by atoms with Crippen LogP contribution in [0.15, 0.2) is 192 Å². The van der Waals surface area contributed by atoms with Gasteiger partial charge in [-0.05, 0) is 92.7 Å². The maximum Gasteiger partial charge on any atom is 0.143 e. The van der Waals surface area contributed by atoms with Crippen LogP contribution in [0.4, 0.5) is 17.1 Å². The topological polar surface area (TPSA) is 16.4 Å². The van der Waals surface area contributed by atoms with E-state index in [0.29, 0.717) is 0 Å². The minimum atomic E-state index is -0.0890. The van der Waals surface area contributed by atoms with Crippen LogP contribution >= 0.6 is 11.3 Å². The summed E-state index contributed by atoms with van der Waals surface area (Å²) in [4.78, 5) is 2.48. The van der Waals surface area contributed by atoms with Gasteiger partial charge in [-0.3, -0.25) is 0 Å². The molecule has 0 amide bonds. The van der Waals surface area contributed by atoms with E-state index in [0.717, 1.165) is 50.1 Å². The second-order valence-corrected chi connectivity index (χ2v) is 17.1. The Bertz CT molecular complexity index is 3460. The summed E-state index contributed by atoms with van der Waals surface area (Å²) >= 11 is 1.87. The third kappa shape index (κ3) is 4.90. The van der Waals surface area contributed by atoms with Crippen LogP contribution in [-0.4, -0.2) is 0 Å². The molecule has 0 fully saturated rings. The maximum absolute atomic E-state index is 6.58. The molecule has 58 heavy (non-hydrogen) atoms. The van der Waals surface area contributed by atoms with Crippen molar-refractivity contribution in [2.45, 2.75) is 19.3 Å². The number of para-hydroxylation sites is 2. The predicted octanol–water partition coefficient (Wildman–Crippen LogP) is 16.2. The van der Waals surface area contributed by atoms with Crippen molar-refractivity contribution in [3.8, 4) is 33.4 Å². The van der Waals surface area contributed by atoms with E-state index in [1.54, 1.807) is 0 Å². The molecule has 0 spiro atoms. The number of hydrogen-bond donors (Lipinski definition) is 0. The van der Waals surface area contributed by atoms with E-state index in [9.17, 15) is 0 Å². The summed E-state index contributed by atoms with van der Waals surface area (Å²) in [6.07, 6.45) is 0. The van der Waals surface area contributed by atoms with Gasteiger partial charge in [-0.1, -0.05) is 153 Å². The highest BCUT2D eigenvalue weighted by atomic mass is 32.1. The van der Waals surface area contributed by atoms with Crippen molar-refractivity contribution < 1.29 is 4.42 Å². The van der Waals surface area contributed by atoms with Crippen LogP contribution in [-0.2, 0) is 5.41 Å². The summed E-state index contributed by atoms with van der Waals surface area (Å²) in [6.45, 7) is 4.70. The number of benzene rings is 9. The molecule has 11 aromatic rings. The number of hydrogen-bond acceptors (Lipinski definition) is 3. The third-order valence-corrected chi connectivity index (χ3v) is 13.6. The van der Waals surface area contributed by atoms with Crippen LogP contribution in [0.2, 0.25) is 0 Å². The Morgan fingerprint density at radius 2 is 1.16 bits per heavy atom. The third-order valence-electron chi connectivity index (χ3n) is 12.5. The summed E-state index contributed by atoms with van der Waals surface area (Å²) in [5.74, 6) is 0. The molecule has 9 aromatic carbocycles. The van der Waals surface area contributed by atoms with Gasteiger partial charge in [0.25, 0.3) is 0 Å². The highest BCUT2D eigenvalue weighted by Crippen LogP contribution is 2.52. The highest BCUT2D eigenvalue weighted by Gasteiger charge is 2.36. The lowest BCUT2D eigenvalue weighted by molar-refractivity contribution is 0.660. The van der Waals surface area contributed by atoms with Gasteiger partial charge in [0.05, 0.1) is 5.69 Å². The molecule has 0 N–H and O–H groups in total. The van der Waals surface area contributed by atoms with Gasteiger partial charge in [0.15, 0.2) is 0 Å². The second-order valence-electron chi connectivity index (χ2n) is 16.1. The van der Waals surface area contributed by atoms with E-state index in [1.165, 1.54) is 64.3 Å². The number of nitrogens with zero attached hydrogens (tertiary/aromatic N) is 1. The summed E-state index contributed by atoms with van der Waals surface area (Å²) < 4.78 is 9.19. The fraction of sp³-hybridized carbons (Fsp3) is 0.0545. The largest absolute Gasteiger partial charge is 0.455 e. The maximum atomic E-state index is 6.58. The Hall–Kier alpha value is -6.94. The fourth-order valence-corrected chi connectivity index (χ4v) is 10.8. The van der Waals surface area contributed by atoms with E-state index in [2.05, 4.69) is 201 Å². The first kappa shape index (κ1) is 33.2. The Morgan fingerprint density at radius 1 is 0.448 bits per heavy atom. The molecule has 1 aliphatic rings. The average molecular weight is 760 g/mol. The minimum Gasteiger partial charge on any atom is -0.455 e. The minimum absolute atomic E-state index is 0.0890. The molecule has 0 unspecified atom stereocenters. The summed E-state index contributed by atoms with van der Waals surface area (Å²) in [6, 6.07) is 69.1.